The molecule has 1 aromatic rings. The van der Waals surface area contributed by atoms with Gasteiger partial charge >= 0.3 is 0 Å². The van der Waals surface area contributed by atoms with Crippen LogP contribution < -0.4 is 5.32 Å². The van der Waals surface area contributed by atoms with Gasteiger partial charge in [0.15, 0.2) is 5.03 Å². The lowest BCUT2D eigenvalue weighted by Crippen LogP contribution is -2.49. The molecule has 0 amide bonds. The molecule has 7 nitrogen and oxygen atoms in total. The summed E-state index contributed by atoms with van der Waals surface area (Å²) in [6, 6.07) is 1.94. The Kier molecular flexibility index (Phi) is 4.30. The highest BCUT2D eigenvalue weighted by Crippen LogP contribution is 2.23. The zero-order valence-electron chi connectivity index (χ0n) is 12.4. The number of sulfonamides is 1. The van der Waals surface area contributed by atoms with Crippen LogP contribution in [0.4, 0.5) is 0 Å². The Bertz CT molecular complexity index is 579. The summed E-state index contributed by atoms with van der Waals surface area (Å²) in [4.78, 5) is 2.41. The minimum absolute atomic E-state index is 0.311. The summed E-state index contributed by atoms with van der Waals surface area (Å²) in [5.41, 5.74) is 0. The van der Waals surface area contributed by atoms with E-state index < -0.39 is 10.0 Å². The Morgan fingerprint density at radius 1 is 1.33 bits per heavy atom. The molecule has 0 bridgehead atoms. The summed E-state index contributed by atoms with van der Waals surface area (Å²) in [6.07, 6.45) is 2.47. The van der Waals surface area contributed by atoms with Crippen LogP contribution in [0.15, 0.2) is 17.3 Å². The quantitative estimate of drug-likeness (QED) is 0.817. The van der Waals surface area contributed by atoms with Crippen molar-refractivity contribution in [1.29, 1.82) is 0 Å². The molecule has 118 valence electrons. The Morgan fingerprint density at radius 2 is 2.10 bits per heavy atom. The minimum atomic E-state index is -3.42. The molecule has 0 aromatic carbocycles. The van der Waals surface area contributed by atoms with Gasteiger partial charge in [-0.2, -0.15) is 9.40 Å². The van der Waals surface area contributed by atoms with Gasteiger partial charge in [-0.05, 0) is 19.4 Å². The fourth-order valence-corrected chi connectivity index (χ4v) is 4.84. The van der Waals surface area contributed by atoms with Crippen LogP contribution in [0.2, 0.25) is 0 Å². The Balaban J connectivity index is 1.73. The molecule has 1 N–H and O–H groups in total. The number of piperazine rings is 1. The zero-order valence-corrected chi connectivity index (χ0v) is 13.2. The fourth-order valence-electron chi connectivity index (χ4n) is 3.18. The van der Waals surface area contributed by atoms with Gasteiger partial charge in [0, 0.05) is 51.9 Å². The van der Waals surface area contributed by atoms with Gasteiger partial charge in [0.1, 0.15) is 0 Å². The van der Waals surface area contributed by atoms with Crippen molar-refractivity contribution in [2.24, 2.45) is 0 Å². The molecule has 2 aliphatic heterocycles. The summed E-state index contributed by atoms with van der Waals surface area (Å²) < 4.78 is 28.6. The van der Waals surface area contributed by atoms with Crippen molar-refractivity contribution >= 4 is 10.0 Å². The molecular formula is C13H23N5O2S. The predicted molar refractivity (Wildman–Crippen MR) is 79.5 cm³/mol. The average molecular weight is 313 g/mol. The van der Waals surface area contributed by atoms with Crippen molar-refractivity contribution in [2.45, 2.75) is 31.0 Å². The van der Waals surface area contributed by atoms with Gasteiger partial charge in [-0.3, -0.25) is 9.58 Å². The highest BCUT2D eigenvalue weighted by atomic mass is 32.2. The van der Waals surface area contributed by atoms with E-state index in [1.807, 2.05) is 6.92 Å². The van der Waals surface area contributed by atoms with E-state index in [9.17, 15) is 8.42 Å². The Labute approximate surface area is 126 Å². The molecule has 2 aliphatic rings. The first-order chi connectivity index (χ1) is 10.1. The molecule has 0 spiro atoms. The van der Waals surface area contributed by atoms with Crippen molar-refractivity contribution in [3.05, 3.63) is 12.3 Å². The van der Waals surface area contributed by atoms with E-state index in [4.69, 9.17) is 0 Å². The minimum Gasteiger partial charge on any atom is -0.314 e. The molecule has 0 radical (unpaired) electrons. The van der Waals surface area contributed by atoms with E-state index in [0.29, 0.717) is 30.7 Å². The number of rotatable bonds is 4. The SMILES string of the molecule is CCn1nccc1S(=O)(=O)N1CCC(N2CCNCC2)C1. The highest BCUT2D eigenvalue weighted by molar-refractivity contribution is 7.89. The first-order valence-corrected chi connectivity index (χ1v) is 9.03. The molecule has 3 heterocycles. The molecule has 1 atom stereocenters. The summed E-state index contributed by atoms with van der Waals surface area (Å²) in [6.45, 7) is 7.66. The molecule has 0 aliphatic carbocycles. The van der Waals surface area contributed by atoms with Crippen LogP contribution in [-0.4, -0.2) is 72.7 Å². The maximum absolute atomic E-state index is 12.7. The summed E-state index contributed by atoms with van der Waals surface area (Å²) in [5.74, 6) is 0. The monoisotopic (exact) mass is 313 g/mol. The first-order valence-electron chi connectivity index (χ1n) is 7.59. The predicted octanol–water partition coefficient (Wildman–Crippen LogP) is -0.429. The molecule has 21 heavy (non-hydrogen) atoms. The maximum atomic E-state index is 12.7. The average Bonchev–Trinajstić information content (AvgIpc) is 3.17. The van der Waals surface area contributed by atoms with Gasteiger partial charge < -0.3 is 5.32 Å². The second-order valence-corrected chi connectivity index (χ2v) is 7.46. The van der Waals surface area contributed by atoms with Gasteiger partial charge in [0.2, 0.25) is 0 Å². The number of nitrogens with zero attached hydrogens (tertiary/aromatic N) is 4. The molecule has 2 saturated heterocycles. The number of nitrogens with one attached hydrogen (secondary N) is 1. The topological polar surface area (TPSA) is 70.5 Å². The van der Waals surface area contributed by atoms with E-state index >= 15 is 0 Å². The third-order valence-electron chi connectivity index (χ3n) is 4.38. The van der Waals surface area contributed by atoms with Crippen LogP contribution in [0.25, 0.3) is 0 Å². The van der Waals surface area contributed by atoms with Crippen molar-refractivity contribution in [2.75, 3.05) is 39.3 Å². The molecule has 0 saturated carbocycles. The van der Waals surface area contributed by atoms with Gasteiger partial charge in [0.05, 0.1) is 6.20 Å². The van der Waals surface area contributed by atoms with Gasteiger partial charge in [-0.1, -0.05) is 0 Å². The van der Waals surface area contributed by atoms with E-state index in [2.05, 4.69) is 15.3 Å². The maximum Gasteiger partial charge on any atom is 0.260 e. The molecule has 8 heteroatoms. The van der Waals surface area contributed by atoms with Gasteiger partial charge in [0.25, 0.3) is 10.0 Å². The molecule has 2 fully saturated rings. The second kappa shape index (κ2) is 6.04. The smallest absolute Gasteiger partial charge is 0.260 e. The van der Waals surface area contributed by atoms with Crippen LogP contribution in [-0.2, 0) is 16.6 Å². The normalized spacial score (nSPS) is 25.5. The fraction of sp³-hybridized carbons (Fsp3) is 0.769. The molecule has 1 unspecified atom stereocenters. The first kappa shape index (κ1) is 15.0. The second-order valence-electron chi connectivity index (χ2n) is 5.58. The van der Waals surface area contributed by atoms with Crippen LogP contribution in [0.1, 0.15) is 13.3 Å². The Morgan fingerprint density at radius 3 is 2.81 bits per heavy atom. The van der Waals surface area contributed by atoms with E-state index in [-0.39, 0.29) is 0 Å². The molecule has 1 aromatic heterocycles. The molecule has 3 rings (SSSR count). The van der Waals surface area contributed by atoms with E-state index in [0.717, 1.165) is 32.6 Å². The lowest BCUT2D eigenvalue weighted by Gasteiger charge is -2.32. The van der Waals surface area contributed by atoms with Crippen LogP contribution in [0, 0.1) is 0 Å². The lowest BCUT2D eigenvalue weighted by atomic mass is 10.2. The Hall–Kier alpha value is -0.960. The van der Waals surface area contributed by atoms with Crippen molar-refractivity contribution in [3.8, 4) is 0 Å². The number of aromatic nitrogens is 2. The number of hydrogen-bond donors (Lipinski definition) is 1. The molecular weight excluding hydrogens is 290 g/mol. The summed E-state index contributed by atoms with van der Waals surface area (Å²) >= 11 is 0. The van der Waals surface area contributed by atoms with Crippen molar-refractivity contribution in [1.82, 2.24) is 24.3 Å². The van der Waals surface area contributed by atoms with Gasteiger partial charge in [-0.15, -0.1) is 0 Å². The van der Waals surface area contributed by atoms with E-state index in [1.54, 1.807) is 21.3 Å². The zero-order chi connectivity index (χ0) is 14.9. The largest absolute Gasteiger partial charge is 0.314 e. The van der Waals surface area contributed by atoms with E-state index in [1.165, 1.54) is 0 Å². The van der Waals surface area contributed by atoms with Gasteiger partial charge in [-0.25, -0.2) is 8.42 Å². The number of hydrogen-bond acceptors (Lipinski definition) is 5. The van der Waals surface area contributed by atoms with Crippen LogP contribution in [0.3, 0.4) is 0 Å². The van der Waals surface area contributed by atoms with Crippen molar-refractivity contribution in [3.63, 3.8) is 0 Å². The summed E-state index contributed by atoms with van der Waals surface area (Å²) in [7, 11) is -3.42. The van der Waals surface area contributed by atoms with Crippen LogP contribution in [0.5, 0.6) is 0 Å². The standard InChI is InChI=1S/C13H23N5O2S/c1-2-18-13(3-5-15-18)21(19,20)17-8-4-12(11-17)16-9-6-14-7-10-16/h3,5,12,14H,2,4,6-11H2,1H3. The number of aryl methyl sites for hydroxylation is 1. The highest BCUT2D eigenvalue weighted by Gasteiger charge is 2.36. The third-order valence-corrected chi connectivity index (χ3v) is 6.26. The lowest BCUT2D eigenvalue weighted by molar-refractivity contribution is 0.179. The van der Waals surface area contributed by atoms with Crippen molar-refractivity contribution < 1.29 is 8.42 Å². The summed E-state index contributed by atoms with van der Waals surface area (Å²) in [5, 5.41) is 7.72. The third kappa shape index (κ3) is 2.85. The van der Waals surface area contributed by atoms with Crippen LogP contribution >= 0.6 is 0 Å².